The monoisotopic (exact) mass is 346 g/mol. The number of fused-ring (bicyclic) bond motifs is 1. The third-order valence-corrected chi connectivity index (χ3v) is 3.95. The summed E-state index contributed by atoms with van der Waals surface area (Å²) in [6.45, 7) is 0. The van der Waals surface area contributed by atoms with Crippen molar-refractivity contribution in [3.8, 4) is 0 Å². The fraction of sp³-hybridized carbons (Fsp3) is 0.0667. The zero-order valence-electron chi connectivity index (χ0n) is 12.2. The predicted octanol–water partition coefficient (Wildman–Crippen LogP) is 0.899. The van der Waals surface area contributed by atoms with Crippen molar-refractivity contribution >= 4 is 28.1 Å². The van der Waals surface area contributed by atoms with Gasteiger partial charge in [0.15, 0.2) is 4.96 Å². The fourth-order valence-corrected chi connectivity index (χ4v) is 2.68. The van der Waals surface area contributed by atoms with Gasteiger partial charge in [-0.2, -0.15) is 0 Å². The van der Waals surface area contributed by atoms with Crippen molar-refractivity contribution in [2.75, 3.05) is 0 Å². The van der Waals surface area contributed by atoms with Gasteiger partial charge in [-0.1, -0.05) is 12.1 Å². The molecule has 24 heavy (non-hydrogen) atoms. The molecule has 3 rings (SSSR count). The summed E-state index contributed by atoms with van der Waals surface area (Å²) in [5.41, 5.74) is 4.25. The van der Waals surface area contributed by atoms with Gasteiger partial charge in [-0.15, -0.1) is 11.3 Å². The number of nitrogens with one attached hydrogen (secondary N) is 2. The number of carbonyl (C=O) groups excluding carboxylic acids is 2. The first-order valence-corrected chi connectivity index (χ1v) is 7.71. The summed E-state index contributed by atoms with van der Waals surface area (Å²) in [5, 5.41) is 1.68. The Morgan fingerprint density at radius 2 is 1.96 bits per heavy atom. The highest BCUT2D eigenvalue weighted by atomic mass is 32.1. The second kappa shape index (κ2) is 6.59. The van der Waals surface area contributed by atoms with Crippen LogP contribution in [0.2, 0.25) is 0 Å². The lowest BCUT2D eigenvalue weighted by Gasteiger charge is -2.07. The van der Waals surface area contributed by atoms with Gasteiger partial charge in [0.2, 0.25) is 5.91 Å². The minimum absolute atomic E-state index is 0.0403. The van der Waals surface area contributed by atoms with E-state index in [2.05, 4.69) is 15.8 Å². The van der Waals surface area contributed by atoms with Gasteiger partial charge in [0, 0.05) is 17.8 Å². The van der Waals surface area contributed by atoms with Crippen LogP contribution in [0.4, 0.5) is 4.39 Å². The van der Waals surface area contributed by atoms with Crippen LogP contribution in [0.1, 0.15) is 15.9 Å². The number of halogens is 1. The van der Waals surface area contributed by atoms with Crippen molar-refractivity contribution in [1.82, 2.24) is 20.2 Å². The zero-order chi connectivity index (χ0) is 17.1. The summed E-state index contributed by atoms with van der Waals surface area (Å²) < 4.78 is 14.0. The van der Waals surface area contributed by atoms with Crippen LogP contribution in [0, 0.1) is 5.82 Å². The number of aromatic nitrogens is 2. The Morgan fingerprint density at radius 3 is 2.71 bits per heavy atom. The fourth-order valence-electron chi connectivity index (χ4n) is 2.01. The van der Waals surface area contributed by atoms with E-state index >= 15 is 0 Å². The number of amides is 2. The molecule has 9 heteroatoms. The first-order valence-electron chi connectivity index (χ1n) is 6.83. The van der Waals surface area contributed by atoms with Gasteiger partial charge in [0.25, 0.3) is 11.5 Å². The Labute approximate surface area is 138 Å². The van der Waals surface area contributed by atoms with Crippen molar-refractivity contribution in [1.29, 1.82) is 0 Å². The molecule has 0 unspecified atom stereocenters. The molecule has 0 aliphatic heterocycles. The maximum Gasteiger partial charge on any atom is 0.276 e. The second-order valence-electron chi connectivity index (χ2n) is 4.84. The maximum atomic E-state index is 12.8. The molecule has 2 amide bonds. The third-order valence-electron chi connectivity index (χ3n) is 3.18. The summed E-state index contributed by atoms with van der Waals surface area (Å²) in [4.78, 5) is 40.4. The molecule has 2 aromatic heterocycles. The van der Waals surface area contributed by atoms with E-state index < -0.39 is 23.2 Å². The summed E-state index contributed by atoms with van der Waals surface area (Å²) in [6, 6.07) is 5.42. The van der Waals surface area contributed by atoms with Crippen LogP contribution in [0.25, 0.3) is 4.96 Å². The van der Waals surface area contributed by atoms with Crippen LogP contribution in [0.3, 0.4) is 0 Å². The van der Waals surface area contributed by atoms with Gasteiger partial charge in [0.1, 0.15) is 11.4 Å². The molecule has 1 aromatic carbocycles. The van der Waals surface area contributed by atoms with Gasteiger partial charge >= 0.3 is 0 Å². The molecule has 7 nitrogen and oxygen atoms in total. The second-order valence-corrected chi connectivity index (χ2v) is 5.71. The van der Waals surface area contributed by atoms with E-state index in [9.17, 15) is 18.8 Å². The number of hydrogen-bond acceptors (Lipinski definition) is 5. The van der Waals surface area contributed by atoms with Gasteiger partial charge in [-0.25, -0.2) is 9.37 Å². The molecule has 0 radical (unpaired) electrons. The van der Waals surface area contributed by atoms with Crippen LogP contribution in [0.5, 0.6) is 0 Å². The first-order chi connectivity index (χ1) is 11.5. The number of thiazole rings is 1. The quantitative estimate of drug-likeness (QED) is 0.689. The van der Waals surface area contributed by atoms with Crippen molar-refractivity contribution in [3.05, 3.63) is 69.3 Å². The van der Waals surface area contributed by atoms with Gasteiger partial charge in [0.05, 0.1) is 6.42 Å². The van der Waals surface area contributed by atoms with Crippen molar-refractivity contribution in [3.63, 3.8) is 0 Å². The van der Waals surface area contributed by atoms with Crippen LogP contribution >= 0.6 is 11.3 Å². The Bertz CT molecular complexity index is 965. The van der Waals surface area contributed by atoms with Crippen molar-refractivity contribution < 1.29 is 14.0 Å². The number of benzene rings is 1. The smallest absolute Gasteiger partial charge is 0.273 e. The van der Waals surface area contributed by atoms with Gasteiger partial charge in [-0.3, -0.25) is 29.6 Å². The van der Waals surface area contributed by atoms with Crippen LogP contribution in [-0.4, -0.2) is 21.2 Å². The van der Waals surface area contributed by atoms with E-state index in [4.69, 9.17) is 0 Å². The van der Waals surface area contributed by atoms with Crippen molar-refractivity contribution in [2.24, 2.45) is 0 Å². The van der Waals surface area contributed by atoms with Crippen LogP contribution in [0.15, 0.2) is 46.8 Å². The molecule has 3 aromatic rings. The molecule has 0 aliphatic rings. The Morgan fingerprint density at radius 1 is 1.21 bits per heavy atom. The molecule has 0 saturated carbocycles. The topological polar surface area (TPSA) is 92.6 Å². The molecule has 0 bridgehead atoms. The number of hydrazine groups is 1. The zero-order valence-corrected chi connectivity index (χ0v) is 13.0. The minimum Gasteiger partial charge on any atom is -0.273 e. The molecule has 0 atom stereocenters. The molecule has 0 spiro atoms. The van der Waals surface area contributed by atoms with E-state index in [0.717, 1.165) is 6.20 Å². The van der Waals surface area contributed by atoms with E-state index in [0.29, 0.717) is 10.5 Å². The average molecular weight is 346 g/mol. The molecule has 2 heterocycles. The number of nitrogens with zero attached hydrogens (tertiary/aromatic N) is 2. The highest BCUT2D eigenvalue weighted by molar-refractivity contribution is 7.15. The van der Waals surface area contributed by atoms with E-state index in [1.54, 1.807) is 5.38 Å². The summed E-state index contributed by atoms with van der Waals surface area (Å²) >= 11 is 1.27. The summed E-state index contributed by atoms with van der Waals surface area (Å²) in [5.74, 6) is -1.66. The highest BCUT2D eigenvalue weighted by Gasteiger charge is 2.14. The molecule has 0 fully saturated rings. The average Bonchev–Trinajstić information content (AvgIpc) is 3.05. The lowest BCUT2D eigenvalue weighted by atomic mass is 10.1. The normalized spacial score (nSPS) is 10.5. The standard InChI is InChI=1S/C15H11FN4O3S/c16-10-3-1-9(2-4-10)7-12(21)18-19-13(22)11-8-17-15-20(14(11)23)5-6-24-15/h1-6,8H,7H2,(H,18,21)(H,19,22). The maximum absolute atomic E-state index is 12.8. The van der Waals surface area contributed by atoms with Gasteiger partial charge in [-0.05, 0) is 17.7 Å². The lowest BCUT2D eigenvalue weighted by Crippen LogP contribution is -2.44. The SMILES string of the molecule is O=C(Cc1ccc(F)cc1)NNC(=O)c1cnc2sccn2c1=O. The highest BCUT2D eigenvalue weighted by Crippen LogP contribution is 2.05. The van der Waals surface area contributed by atoms with E-state index in [-0.39, 0.29) is 12.0 Å². The lowest BCUT2D eigenvalue weighted by molar-refractivity contribution is -0.121. The Balaban J connectivity index is 1.64. The van der Waals surface area contributed by atoms with E-state index in [1.807, 2.05) is 0 Å². The molecular weight excluding hydrogens is 335 g/mol. The number of rotatable bonds is 3. The molecular formula is C15H11FN4O3S. The third kappa shape index (κ3) is 3.30. The van der Waals surface area contributed by atoms with Crippen LogP contribution in [-0.2, 0) is 11.2 Å². The molecule has 122 valence electrons. The minimum atomic E-state index is -0.763. The van der Waals surface area contributed by atoms with E-state index in [1.165, 1.54) is 46.2 Å². The Hall–Kier alpha value is -3.07. The van der Waals surface area contributed by atoms with Crippen molar-refractivity contribution in [2.45, 2.75) is 6.42 Å². The summed E-state index contributed by atoms with van der Waals surface area (Å²) in [7, 11) is 0. The van der Waals surface area contributed by atoms with Crippen LogP contribution < -0.4 is 16.4 Å². The van der Waals surface area contributed by atoms with Gasteiger partial charge < -0.3 is 0 Å². The largest absolute Gasteiger partial charge is 0.276 e. The molecule has 0 saturated heterocycles. The molecule has 2 N–H and O–H groups in total. The predicted molar refractivity (Wildman–Crippen MR) is 85.1 cm³/mol. The first kappa shape index (κ1) is 15.8. The number of carbonyl (C=O) groups is 2. The summed E-state index contributed by atoms with van der Waals surface area (Å²) in [6.07, 6.45) is 2.64. The molecule has 0 aliphatic carbocycles. The number of hydrogen-bond donors (Lipinski definition) is 2. The Kier molecular flexibility index (Phi) is 4.34.